The van der Waals surface area contributed by atoms with E-state index in [9.17, 15) is 4.79 Å². The van der Waals surface area contributed by atoms with Gasteiger partial charge in [-0.05, 0) is 56.5 Å². The molecule has 136 valence electrons. The minimum Gasteiger partial charge on any atom is -0.493 e. The maximum absolute atomic E-state index is 12.8. The number of methoxy groups -OCH3 is 2. The lowest BCUT2D eigenvalue weighted by atomic mass is 9.95. The first-order chi connectivity index (χ1) is 11.1. The number of carbonyl (C=O) groups is 1. The van der Waals surface area contributed by atoms with Crippen LogP contribution in [0.5, 0.6) is 11.5 Å². The summed E-state index contributed by atoms with van der Waals surface area (Å²) in [6.07, 6.45) is 2.12. The number of piperidine rings is 1. The Labute approximate surface area is 151 Å². The molecule has 0 saturated carbocycles. The van der Waals surface area contributed by atoms with Crippen molar-refractivity contribution >= 4 is 18.3 Å². The van der Waals surface area contributed by atoms with Crippen LogP contribution in [-0.4, -0.2) is 51.2 Å². The Morgan fingerprint density at radius 1 is 1.21 bits per heavy atom. The summed E-state index contributed by atoms with van der Waals surface area (Å²) in [5.74, 6) is 2.02. The van der Waals surface area contributed by atoms with Crippen LogP contribution in [0.1, 0.15) is 35.7 Å². The second-order valence-electron chi connectivity index (χ2n) is 6.07. The van der Waals surface area contributed by atoms with Crippen LogP contribution in [-0.2, 0) is 0 Å². The highest BCUT2D eigenvalue weighted by molar-refractivity contribution is 5.96. The van der Waals surface area contributed by atoms with Crippen molar-refractivity contribution in [3.05, 3.63) is 23.3 Å². The summed E-state index contributed by atoms with van der Waals surface area (Å²) in [5.41, 5.74) is 1.62. The lowest BCUT2D eigenvalue weighted by Gasteiger charge is -2.32. The van der Waals surface area contributed by atoms with Crippen molar-refractivity contribution < 1.29 is 14.3 Å². The monoisotopic (exact) mass is 356 g/mol. The normalized spacial score (nSPS) is 14.9. The third kappa shape index (κ3) is 4.77. The number of likely N-dealkylation sites (tertiary alicyclic amines) is 1. The Morgan fingerprint density at radius 2 is 1.79 bits per heavy atom. The molecule has 0 atom stereocenters. The third-order valence-electron chi connectivity index (χ3n) is 4.55. The van der Waals surface area contributed by atoms with Crippen molar-refractivity contribution in [1.29, 1.82) is 0 Å². The van der Waals surface area contributed by atoms with Crippen molar-refractivity contribution in [2.24, 2.45) is 5.92 Å². The first-order valence-corrected chi connectivity index (χ1v) is 8.33. The summed E-state index contributed by atoms with van der Waals surface area (Å²) in [6, 6.07) is 3.66. The number of nitrogens with one attached hydrogen (secondary N) is 1. The molecule has 1 heterocycles. The van der Waals surface area contributed by atoms with Gasteiger partial charge in [-0.1, -0.05) is 6.92 Å². The molecule has 1 amide bonds. The molecule has 1 saturated heterocycles. The lowest BCUT2D eigenvalue weighted by molar-refractivity contribution is 0.0689. The van der Waals surface area contributed by atoms with Gasteiger partial charge in [0.1, 0.15) is 0 Å². The number of halogens is 1. The summed E-state index contributed by atoms with van der Waals surface area (Å²) >= 11 is 0. The van der Waals surface area contributed by atoms with Gasteiger partial charge in [-0.3, -0.25) is 4.79 Å². The average Bonchev–Trinajstić information content (AvgIpc) is 2.59. The first-order valence-electron chi connectivity index (χ1n) is 8.33. The predicted octanol–water partition coefficient (Wildman–Crippen LogP) is 2.90. The fraction of sp³-hybridized carbons (Fsp3) is 0.611. The fourth-order valence-corrected chi connectivity index (χ4v) is 3.07. The maximum Gasteiger partial charge on any atom is 0.254 e. The Morgan fingerprint density at radius 3 is 2.33 bits per heavy atom. The van der Waals surface area contributed by atoms with Gasteiger partial charge in [-0.2, -0.15) is 0 Å². The number of amides is 1. The highest BCUT2D eigenvalue weighted by Crippen LogP contribution is 2.31. The smallest absolute Gasteiger partial charge is 0.254 e. The second kappa shape index (κ2) is 9.74. The van der Waals surface area contributed by atoms with Gasteiger partial charge < -0.3 is 19.7 Å². The molecule has 1 fully saturated rings. The standard InChI is InChI=1S/C18H28N2O3.ClH/c1-5-19-12-14-6-8-20(9-7-14)18(21)15-11-17(23-4)16(22-3)10-13(15)2;/h10-11,14,19H,5-9,12H2,1-4H3;1H. The van der Waals surface area contributed by atoms with Gasteiger partial charge in [-0.15, -0.1) is 12.4 Å². The molecule has 5 nitrogen and oxygen atoms in total. The van der Waals surface area contributed by atoms with Crippen LogP contribution in [0.2, 0.25) is 0 Å². The number of aryl methyl sites for hydroxylation is 1. The van der Waals surface area contributed by atoms with Gasteiger partial charge in [0.2, 0.25) is 0 Å². The van der Waals surface area contributed by atoms with Gasteiger partial charge in [-0.25, -0.2) is 0 Å². The molecule has 0 aromatic heterocycles. The molecule has 1 aromatic carbocycles. The maximum atomic E-state index is 12.8. The Balaban J connectivity index is 0.00000288. The third-order valence-corrected chi connectivity index (χ3v) is 4.55. The molecule has 1 aromatic rings. The molecule has 0 bridgehead atoms. The SMILES string of the molecule is CCNCC1CCN(C(=O)c2cc(OC)c(OC)cc2C)CC1.Cl. The minimum absolute atomic E-state index is 0. The van der Waals surface area contributed by atoms with Crippen molar-refractivity contribution in [2.45, 2.75) is 26.7 Å². The summed E-state index contributed by atoms with van der Waals surface area (Å²) < 4.78 is 10.6. The van der Waals surface area contributed by atoms with Gasteiger partial charge in [0.25, 0.3) is 5.91 Å². The molecule has 0 unspecified atom stereocenters. The van der Waals surface area contributed by atoms with E-state index in [2.05, 4.69) is 12.2 Å². The molecule has 0 aliphatic carbocycles. The molecule has 0 spiro atoms. The average molecular weight is 357 g/mol. The van der Waals surface area contributed by atoms with Crippen LogP contribution in [0.4, 0.5) is 0 Å². The van der Waals surface area contributed by atoms with E-state index in [0.717, 1.165) is 44.6 Å². The van der Waals surface area contributed by atoms with Gasteiger partial charge in [0, 0.05) is 18.7 Å². The molecule has 1 aliphatic rings. The number of rotatable bonds is 6. The van der Waals surface area contributed by atoms with E-state index >= 15 is 0 Å². The number of hydrogen-bond acceptors (Lipinski definition) is 4. The van der Waals surface area contributed by atoms with Crippen LogP contribution >= 0.6 is 12.4 Å². The van der Waals surface area contributed by atoms with Crippen molar-refractivity contribution in [3.63, 3.8) is 0 Å². The van der Waals surface area contributed by atoms with Crippen LogP contribution in [0.3, 0.4) is 0 Å². The zero-order valence-electron chi connectivity index (χ0n) is 15.1. The van der Waals surface area contributed by atoms with Gasteiger partial charge in [0.15, 0.2) is 11.5 Å². The number of hydrogen-bond donors (Lipinski definition) is 1. The zero-order valence-corrected chi connectivity index (χ0v) is 15.9. The van der Waals surface area contributed by atoms with Crippen LogP contribution in [0, 0.1) is 12.8 Å². The number of benzene rings is 1. The molecule has 0 radical (unpaired) electrons. The zero-order chi connectivity index (χ0) is 16.8. The van der Waals surface area contributed by atoms with E-state index in [1.807, 2.05) is 17.9 Å². The summed E-state index contributed by atoms with van der Waals surface area (Å²) in [7, 11) is 3.20. The number of ether oxygens (including phenoxy) is 2. The van der Waals surface area contributed by atoms with Crippen molar-refractivity contribution in [2.75, 3.05) is 40.4 Å². The van der Waals surface area contributed by atoms with E-state index < -0.39 is 0 Å². The quantitative estimate of drug-likeness (QED) is 0.851. The fourth-order valence-electron chi connectivity index (χ4n) is 3.07. The van der Waals surface area contributed by atoms with Crippen LogP contribution < -0.4 is 14.8 Å². The molecule has 1 N–H and O–H groups in total. The molecular formula is C18H29ClN2O3. The first kappa shape index (κ1) is 20.6. The van der Waals surface area contributed by atoms with Crippen molar-refractivity contribution in [3.8, 4) is 11.5 Å². The Bertz CT molecular complexity index is 543. The topological polar surface area (TPSA) is 50.8 Å². The Hall–Kier alpha value is -1.46. The predicted molar refractivity (Wildman–Crippen MR) is 98.7 cm³/mol. The summed E-state index contributed by atoms with van der Waals surface area (Å²) in [4.78, 5) is 14.8. The van der Waals surface area contributed by atoms with Gasteiger partial charge in [0.05, 0.1) is 14.2 Å². The summed E-state index contributed by atoms with van der Waals surface area (Å²) in [5, 5.41) is 3.40. The highest BCUT2D eigenvalue weighted by atomic mass is 35.5. The van der Waals surface area contributed by atoms with E-state index in [0.29, 0.717) is 23.0 Å². The largest absolute Gasteiger partial charge is 0.493 e. The highest BCUT2D eigenvalue weighted by Gasteiger charge is 2.25. The minimum atomic E-state index is 0. The van der Waals surface area contributed by atoms with Crippen molar-refractivity contribution in [1.82, 2.24) is 10.2 Å². The molecular weight excluding hydrogens is 328 g/mol. The second-order valence-corrected chi connectivity index (χ2v) is 6.07. The number of nitrogens with zero attached hydrogens (tertiary/aromatic N) is 1. The van der Waals surface area contributed by atoms with E-state index in [-0.39, 0.29) is 18.3 Å². The van der Waals surface area contributed by atoms with Gasteiger partial charge >= 0.3 is 0 Å². The molecule has 1 aliphatic heterocycles. The summed E-state index contributed by atoms with van der Waals surface area (Å²) in [6.45, 7) is 7.76. The van der Waals surface area contributed by atoms with E-state index in [1.54, 1.807) is 20.3 Å². The van der Waals surface area contributed by atoms with E-state index in [4.69, 9.17) is 9.47 Å². The van der Waals surface area contributed by atoms with Crippen LogP contribution in [0.25, 0.3) is 0 Å². The molecule has 2 rings (SSSR count). The lowest BCUT2D eigenvalue weighted by Crippen LogP contribution is -2.41. The molecule has 24 heavy (non-hydrogen) atoms. The van der Waals surface area contributed by atoms with E-state index in [1.165, 1.54) is 0 Å². The number of carbonyl (C=O) groups excluding carboxylic acids is 1. The molecule has 6 heteroatoms. The van der Waals surface area contributed by atoms with Crippen LogP contribution in [0.15, 0.2) is 12.1 Å². The Kier molecular flexibility index (Phi) is 8.36.